The molecule has 0 unspecified atom stereocenters. The van der Waals surface area contributed by atoms with Gasteiger partial charge in [0.1, 0.15) is 5.00 Å². The number of nitrogens with one attached hydrogen (secondary N) is 2. The highest BCUT2D eigenvalue weighted by Gasteiger charge is 2.26. The van der Waals surface area contributed by atoms with Crippen LogP contribution in [0.1, 0.15) is 57.8 Å². The smallest absolute Gasteiger partial charge is 0.269 e. The van der Waals surface area contributed by atoms with E-state index in [9.17, 15) is 19.7 Å². The van der Waals surface area contributed by atoms with Gasteiger partial charge in [0.15, 0.2) is 0 Å². The van der Waals surface area contributed by atoms with Gasteiger partial charge in [-0.3, -0.25) is 19.7 Å². The van der Waals surface area contributed by atoms with Gasteiger partial charge in [-0.05, 0) is 43.4 Å². The lowest BCUT2D eigenvalue weighted by Gasteiger charge is -2.12. The topological polar surface area (TPSA) is 101 Å². The minimum atomic E-state index is -0.515. The molecule has 8 heteroatoms. The molecule has 1 aliphatic carbocycles. The van der Waals surface area contributed by atoms with Gasteiger partial charge in [-0.1, -0.05) is 13.8 Å². The molecule has 2 amide bonds. The van der Waals surface area contributed by atoms with E-state index in [0.29, 0.717) is 16.1 Å². The predicted octanol–water partition coefficient (Wildman–Crippen LogP) is 4.17. The fourth-order valence-corrected chi connectivity index (χ4v) is 4.21. The Hall–Kier alpha value is -2.74. The fraction of sp³-hybridized carbons (Fsp3) is 0.368. The molecule has 1 aromatic heterocycles. The Morgan fingerprint density at radius 3 is 2.30 bits per heavy atom. The zero-order valence-electron chi connectivity index (χ0n) is 15.6. The standard InChI is InChI=1S/C17H17N3O4S.C2H6/c1-18-16(22)14-12-4-2-3-5-13(12)25-17(14)19-15(21)10-6-8-11(9-7-10)20(23)24;1-2/h6-9H,2-5H2,1H3,(H,18,22)(H,19,21);1-2H3. The van der Waals surface area contributed by atoms with Crippen molar-refractivity contribution in [3.05, 3.63) is 55.9 Å². The van der Waals surface area contributed by atoms with Crippen LogP contribution in [0.4, 0.5) is 10.7 Å². The Bertz CT molecular complexity index is 843. The van der Waals surface area contributed by atoms with Crippen LogP contribution in [0.2, 0.25) is 0 Å². The zero-order valence-corrected chi connectivity index (χ0v) is 16.4. The third kappa shape index (κ3) is 4.51. The molecular weight excluding hydrogens is 366 g/mol. The van der Waals surface area contributed by atoms with Gasteiger partial charge in [-0.2, -0.15) is 0 Å². The molecule has 27 heavy (non-hydrogen) atoms. The number of fused-ring (bicyclic) bond motifs is 1. The average molecular weight is 389 g/mol. The number of rotatable bonds is 4. The van der Waals surface area contributed by atoms with Crippen LogP contribution in [0, 0.1) is 10.1 Å². The molecule has 0 radical (unpaired) electrons. The summed E-state index contributed by atoms with van der Waals surface area (Å²) in [4.78, 5) is 36.1. The van der Waals surface area contributed by atoms with E-state index in [0.717, 1.165) is 36.1 Å². The Kier molecular flexibility index (Phi) is 7.06. The SMILES string of the molecule is CC.CNC(=O)c1c(NC(=O)c2ccc([N+](=O)[O-])cc2)sc2c1CCCC2. The molecule has 144 valence electrons. The first kappa shape index (κ1) is 20.6. The van der Waals surface area contributed by atoms with E-state index in [2.05, 4.69) is 10.6 Å². The van der Waals surface area contributed by atoms with Crippen molar-refractivity contribution in [1.82, 2.24) is 5.32 Å². The normalized spacial score (nSPS) is 12.3. The quantitative estimate of drug-likeness (QED) is 0.605. The number of amides is 2. The monoisotopic (exact) mass is 389 g/mol. The van der Waals surface area contributed by atoms with Gasteiger partial charge < -0.3 is 10.6 Å². The van der Waals surface area contributed by atoms with E-state index in [1.807, 2.05) is 13.8 Å². The van der Waals surface area contributed by atoms with Crippen LogP contribution in [0.5, 0.6) is 0 Å². The summed E-state index contributed by atoms with van der Waals surface area (Å²) in [5.41, 5.74) is 1.79. The summed E-state index contributed by atoms with van der Waals surface area (Å²) >= 11 is 1.44. The summed E-state index contributed by atoms with van der Waals surface area (Å²) in [7, 11) is 1.57. The van der Waals surface area contributed by atoms with Crippen molar-refractivity contribution in [2.24, 2.45) is 0 Å². The first-order valence-corrected chi connectivity index (χ1v) is 9.75. The minimum absolute atomic E-state index is 0.0748. The number of hydrogen-bond acceptors (Lipinski definition) is 5. The second-order valence-corrected chi connectivity index (χ2v) is 6.86. The molecule has 0 aliphatic heterocycles. The van der Waals surface area contributed by atoms with Crippen LogP contribution in [0.25, 0.3) is 0 Å². The van der Waals surface area contributed by atoms with Gasteiger partial charge in [-0.25, -0.2) is 0 Å². The highest BCUT2D eigenvalue weighted by atomic mass is 32.1. The van der Waals surface area contributed by atoms with E-state index in [-0.39, 0.29) is 11.6 Å². The summed E-state index contributed by atoms with van der Waals surface area (Å²) in [6, 6.07) is 5.38. The molecule has 0 saturated carbocycles. The van der Waals surface area contributed by atoms with Crippen molar-refractivity contribution in [3.8, 4) is 0 Å². The molecule has 0 bridgehead atoms. The van der Waals surface area contributed by atoms with Gasteiger partial charge in [0, 0.05) is 29.6 Å². The molecule has 0 spiro atoms. The maximum Gasteiger partial charge on any atom is 0.269 e. The molecule has 2 N–H and O–H groups in total. The number of aryl methyl sites for hydroxylation is 1. The van der Waals surface area contributed by atoms with E-state index >= 15 is 0 Å². The van der Waals surface area contributed by atoms with E-state index in [1.54, 1.807) is 7.05 Å². The Balaban J connectivity index is 0.00000126. The number of nitro groups is 1. The number of carbonyl (C=O) groups excluding carboxylic acids is 2. The molecule has 1 aliphatic rings. The van der Waals surface area contributed by atoms with Crippen LogP contribution in [0.15, 0.2) is 24.3 Å². The minimum Gasteiger partial charge on any atom is -0.355 e. The third-order valence-electron chi connectivity index (χ3n) is 4.19. The number of non-ortho nitro benzene ring substituents is 1. The summed E-state index contributed by atoms with van der Waals surface area (Å²) in [6.07, 6.45) is 3.86. The number of nitro benzene ring substituents is 1. The summed E-state index contributed by atoms with van der Waals surface area (Å²) in [5.74, 6) is -0.600. The zero-order chi connectivity index (χ0) is 20.0. The van der Waals surface area contributed by atoms with Crippen LogP contribution in [-0.4, -0.2) is 23.8 Å². The van der Waals surface area contributed by atoms with Crippen LogP contribution in [0.3, 0.4) is 0 Å². The van der Waals surface area contributed by atoms with Crippen LogP contribution >= 0.6 is 11.3 Å². The van der Waals surface area contributed by atoms with Crippen molar-refractivity contribution in [2.75, 3.05) is 12.4 Å². The van der Waals surface area contributed by atoms with Gasteiger partial charge >= 0.3 is 0 Å². The largest absolute Gasteiger partial charge is 0.355 e. The molecule has 2 aromatic rings. The molecule has 0 fully saturated rings. The molecule has 3 rings (SSSR count). The lowest BCUT2D eigenvalue weighted by Crippen LogP contribution is -2.22. The van der Waals surface area contributed by atoms with Crippen molar-refractivity contribution < 1.29 is 14.5 Å². The summed E-state index contributed by atoms with van der Waals surface area (Å²) < 4.78 is 0. The van der Waals surface area contributed by atoms with Crippen LogP contribution < -0.4 is 10.6 Å². The summed E-state index contributed by atoms with van der Waals surface area (Å²) in [5, 5.41) is 16.7. The van der Waals surface area contributed by atoms with Crippen molar-refractivity contribution in [1.29, 1.82) is 0 Å². The number of anilines is 1. The Morgan fingerprint density at radius 2 is 1.70 bits per heavy atom. The predicted molar refractivity (Wildman–Crippen MR) is 107 cm³/mol. The molecule has 7 nitrogen and oxygen atoms in total. The molecule has 1 heterocycles. The third-order valence-corrected chi connectivity index (χ3v) is 5.40. The van der Waals surface area contributed by atoms with Gasteiger partial charge in [0.05, 0.1) is 10.5 Å². The lowest BCUT2D eigenvalue weighted by molar-refractivity contribution is -0.384. The number of hydrogen-bond donors (Lipinski definition) is 2. The van der Waals surface area contributed by atoms with E-state index < -0.39 is 10.8 Å². The molecule has 1 aromatic carbocycles. The number of carbonyl (C=O) groups is 2. The van der Waals surface area contributed by atoms with Crippen molar-refractivity contribution >= 4 is 33.8 Å². The molecule has 0 saturated heterocycles. The maximum absolute atomic E-state index is 12.5. The summed E-state index contributed by atoms with van der Waals surface area (Å²) in [6.45, 7) is 4.00. The van der Waals surface area contributed by atoms with E-state index in [4.69, 9.17) is 0 Å². The highest BCUT2D eigenvalue weighted by Crippen LogP contribution is 2.38. The number of thiophene rings is 1. The van der Waals surface area contributed by atoms with Gasteiger partial charge in [0.25, 0.3) is 17.5 Å². The second kappa shape index (κ2) is 9.27. The fourth-order valence-electron chi connectivity index (χ4n) is 2.93. The number of benzene rings is 1. The second-order valence-electron chi connectivity index (χ2n) is 5.75. The lowest BCUT2D eigenvalue weighted by atomic mass is 9.95. The first-order chi connectivity index (χ1) is 13.0. The Morgan fingerprint density at radius 1 is 1.07 bits per heavy atom. The molecule has 0 atom stereocenters. The van der Waals surface area contributed by atoms with E-state index in [1.165, 1.54) is 35.6 Å². The average Bonchev–Trinajstić information content (AvgIpc) is 3.06. The maximum atomic E-state index is 12.5. The highest BCUT2D eigenvalue weighted by molar-refractivity contribution is 7.17. The van der Waals surface area contributed by atoms with Crippen molar-refractivity contribution in [2.45, 2.75) is 39.5 Å². The first-order valence-electron chi connectivity index (χ1n) is 8.93. The van der Waals surface area contributed by atoms with Gasteiger partial charge in [0.2, 0.25) is 0 Å². The molecular formula is C19H23N3O4S. The van der Waals surface area contributed by atoms with Crippen molar-refractivity contribution in [3.63, 3.8) is 0 Å². The van der Waals surface area contributed by atoms with Crippen LogP contribution in [-0.2, 0) is 12.8 Å². The number of nitrogens with zero attached hydrogens (tertiary/aromatic N) is 1. The Labute approximate surface area is 161 Å². The van der Waals surface area contributed by atoms with Gasteiger partial charge in [-0.15, -0.1) is 11.3 Å².